The maximum atomic E-state index is 13.7. The normalized spacial score (nSPS) is 12.7. The summed E-state index contributed by atoms with van der Waals surface area (Å²) in [6.07, 6.45) is 1.91. The first-order valence-corrected chi connectivity index (χ1v) is 14.4. The van der Waals surface area contributed by atoms with Gasteiger partial charge in [0.2, 0.25) is 23.6 Å². The van der Waals surface area contributed by atoms with Crippen LogP contribution >= 0.6 is 0 Å². The molecule has 0 radical (unpaired) electrons. The molecule has 0 aliphatic rings. The summed E-state index contributed by atoms with van der Waals surface area (Å²) in [5.41, 5.74) is 18.0. The van der Waals surface area contributed by atoms with E-state index in [2.05, 4.69) is 31.2 Å². The van der Waals surface area contributed by atoms with Crippen molar-refractivity contribution in [1.82, 2.24) is 26.3 Å². The number of aliphatic imine (C=N–C) groups is 1. The van der Waals surface area contributed by atoms with E-state index in [1.54, 1.807) is 18.3 Å². The van der Waals surface area contributed by atoms with Gasteiger partial charge in [-0.25, -0.2) is 4.79 Å². The molecule has 4 amide bonds. The van der Waals surface area contributed by atoms with Crippen molar-refractivity contribution >= 4 is 46.5 Å². The highest BCUT2D eigenvalue weighted by molar-refractivity contribution is 5.95. The van der Waals surface area contributed by atoms with Gasteiger partial charge in [-0.05, 0) is 42.2 Å². The van der Waals surface area contributed by atoms with Crippen LogP contribution in [0.4, 0.5) is 0 Å². The number of carbonyl (C=O) groups excluding carboxylic acids is 4. The Bertz CT molecular complexity index is 1550. The molecule has 0 aliphatic heterocycles. The number of nitrogens with two attached hydrogens (primary N) is 3. The summed E-state index contributed by atoms with van der Waals surface area (Å²) < 4.78 is 0. The van der Waals surface area contributed by atoms with Gasteiger partial charge in [-0.1, -0.05) is 30.3 Å². The van der Waals surface area contributed by atoms with Gasteiger partial charge in [0.1, 0.15) is 23.9 Å². The second kappa shape index (κ2) is 17.0. The minimum atomic E-state index is -1.30. The van der Waals surface area contributed by atoms with Crippen molar-refractivity contribution in [3.8, 4) is 5.75 Å². The number of H-pyrrole nitrogens is 1. The monoisotopic (exact) mass is 637 g/mol. The zero-order valence-electron chi connectivity index (χ0n) is 25.0. The molecule has 1 heterocycles. The van der Waals surface area contributed by atoms with E-state index in [1.165, 1.54) is 12.1 Å². The van der Waals surface area contributed by atoms with Crippen molar-refractivity contribution in [2.75, 3.05) is 19.6 Å². The Kier molecular flexibility index (Phi) is 12.9. The number of carboxylic acid groups (broad SMARTS) is 1. The van der Waals surface area contributed by atoms with Gasteiger partial charge in [0.25, 0.3) is 0 Å². The lowest BCUT2D eigenvalue weighted by atomic mass is 10.0. The quantitative estimate of drug-likeness (QED) is 0.0456. The number of amides is 4. The van der Waals surface area contributed by atoms with Crippen LogP contribution in [0.1, 0.15) is 24.0 Å². The van der Waals surface area contributed by atoms with Gasteiger partial charge in [-0.15, -0.1) is 0 Å². The summed E-state index contributed by atoms with van der Waals surface area (Å²) in [6.45, 7) is -0.627. The van der Waals surface area contributed by atoms with Crippen LogP contribution in [0.3, 0.4) is 0 Å². The zero-order chi connectivity index (χ0) is 33.6. The summed E-state index contributed by atoms with van der Waals surface area (Å²) in [6, 6.07) is 9.51. The third kappa shape index (κ3) is 10.8. The van der Waals surface area contributed by atoms with Crippen molar-refractivity contribution in [2.45, 2.75) is 43.8 Å². The first-order valence-electron chi connectivity index (χ1n) is 14.4. The van der Waals surface area contributed by atoms with Crippen molar-refractivity contribution < 1.29 is 34.2 Å². The molecule has 3 rings (SSSR count). The number of rotatable bonds is 17. The number of fused-ring (bicyclic) bond motifs is 1. The van der Waals surface area contributed by atoms with Crippen LogP contribution in [0, 0.1) is 0 Å². The van der Waals surface area contributed by atoms with Gasteiger partial charge >= 0.3 is 5.97 Å². The zero-order valence-corrected chi connectivity index (χ0v) is 25.0. The maximum Gasteiger partial charge on any atom is 0.326 e. The van der Waals surface area contributed by atoms with Gasteiger partial charge in [-0.3, -0.25) is 24.2 Å². The number of phenols is 1. The molecule has 1 aromatic heterocycles. The molecular formula is C30H39N9O7. The summed E-state index contributed by atoms with van der Waals surface area (Å²) in [5.74, 6) is -4.20. The Balaban J connectivity index is 1.86. The third-order valence-electron chi connectivity index (χ3n) is 6.95. The minimum Gasteiger partial charge on any atom is -0.508 e. The SMILES string of the molecule is NCC(=O)NCC(=O)NC(Cc1ccc(O)cc1)C(=O)NC(Cc1c[nH]c2ccccc12)C(=O)NC(CCCN=C(N)N)C(=O)O. The summed E-state index contributed by atoms with van der Waals surface area (Å²) in [7, 11) is 0. The topological polar surface area (TPSA) is 280 Å². The molecule has 16 heteroatoms. The minimum absolute atomic E-state index is 0.0000293. The van der Waals surface area contributed by atoms with E-state index in [1.807, 2.05) is 24.3 Å². The van der Waals surface area contributed by atoms with E-state index < -0.39 is 54.3 Å². The van der Waals surface area contributed by atoms with Gasteiger partial charge < -0.3 is 53.7 Å². The van der Waals surface area contributed by atoms with Crippen LogP contribution in [0.2, 0.25) is 0 Å². The molecule has 0 saturated heterocycles. The van der Waals surface area contributed by atoms with Crippen LogP contribution in [0.5, 0.6) is 5.75 Å². The number of nitrogens with zero attached hydrogens (tertiary/aromatic N) is 1. The highest BCUT2D eigenvalue weighted by atomic mass is 16.4. The number of guanidine groups is 1. The van der Waals surface area contributed by atoms with E-state index in [4.69, 9.17) is 17.2 Å². The Hall–Kier alpha value is -5.64. The average Bonchev–Trinajstić information content (AvgIpc) is 3.43. The van der Waals surface area contributed by atoms with Crippen molar-refractivity contribution in [3.05, 3.63) is 65.9 Å². The molecule has 0 aliphatic carbocycles. The molecule has 0 bridgehead atoms. The smallest absolute Gasteiger partial charge is 0.326 e. The molecule has 3 atom stereocenters. The van der Waals surface area contributed by atoms with Gasteiger partial charge in [0.05, 0.1) is 13.1 Å². The molecule has 3 unspecified atom stereocenters. The number of carbonyl (C=O) groups is 5. The van der Waals surface area contributed by atoms with Gasteiger partial charge in [0.15, 0.2) is 5.96 Å². The molecule has 0 saturated carbocycles. The molecule has 16 nitrogen and oxygen atoms in total. The number of carboxylic acids is 1. The fraction of sp³-hybridized carbons (Fsp3) is 0.333. The highest BCUT2D eigenvalue weighted by Gasteiger charge is 2.30. The molecule has 3 aromatic rings. The number of hydrogen-bond donors (Lipinski definition) is 10. The van der Waals surface area contributed by atoms with E-state index in [-0.39, 0.29) is 50.5 Å². The molecule has 0 fully saturated rings. The third-order valence-corrected chi connectivity index (χ3v) is 6.95. The van der Waals surface area contributed by atoms with E-state index in [0.717, 1.165) is 10.9 Å². The lowest BCUT2D eigenvalue weighted by molar-refractivity contribution is -0.142. The predicted molar refractivity (Wildman–Crippen MR) is 169 cm³/mol. The Morgan fingerprint density at radius 3 is 2.15 bits per heavy atom. The number of phenolic OH excluding ortho intramolecular Hbond substituents is 1. The molecular weight excluding hydrogens is 598 g/mol. The van der Waals surface area contributed by atoms with E-state index >= 15 is 0 Å². The van der Waals surface area contributed by atoms with E-state index in [0.29, 0.717) is 11.1 Å². The first-order chi connectivity index (χ1) is 22.0. The summed E-state index contributed by atoms with van der Waals surface area (Å²) in [5, 5.41) is 30.3. The van der Waals surface area contributed by atoms with Gasteiger partial charge in [0, 0.05) is 36.5 Å². The van der Waals surface area contributed by atoms with Crippen LogP contribution in [0.15, 0.2) is 59.7 Å². The van der Waals surface area contributed by atoms with Gasteiger partial charge in [-0.2, -0.15) is 0 Å². The molecule has 46 heavy (non-hydrogen) atoms. The largest absolute Gasteiger partial charge is 0.508 e. The summed E-state index contributed by atoms with van der Waals surface area (Å²) in [4.78, 5) is 70.5. The highest BCUT2D eigenvalue weighted by Crippen LogP contribution is 2.20. The van der Waals surface area contributed by atoms with Crippen molar-refractivity contribution in [1.29, 1.82) is 0 Å². The van der Waals surface area contributed by atoms with Crippen LogP contribution in [0.25, 0.3) is 10.9 Å². The van der Waals surface area contributed by atoms with Crippen LogP contribution < -0.4 is 38.5 Å². The van der Waals surface area contributed by atoms with Crippen LogP contribution in [-0.2, 0) is 36.8 Å². The number of aliphatic carboxylic acids is 1. The molecule has 246 valence electrons. The Morgan fingerprint density at radius 2 is 1.50 bits per heavy atom. The second-order valence-electron chi connectivity index (χ2n) is 10.4. The molecule has 2 aromatic carbocycles. The fourth-order valence-electron chi connectivity index (χ4n) is 4.61. The summed E-state index contributed by atoms with van der Waals surface area (Å²) >= 11 is 0. The average molecular weight is 638 g/mol. The lowest BCUT2D eigenvalue weighted by Gasteiger charge is -2.25. The van der Waals surface area contributed by atoms with Crippen molar-refractivity contribution in [3.63, 3.8) is 0 Å². The number of nitrogens with one attached hydrogen (secondary N) is 5. The number of hydrogen-bond acceptors (Lipinski definition) is 8. The number of aromatic amines is 1. The standard InChI is InChI=1S/C30H39N9O7/c31-14-25(41)36-16-26(42)37-23(12-17-7-9-19(40)10-8-17)27(43)39-24(13-18-15-35-21-5-2-1-4-20(18)21)28(44)38-22(29(45)46)6-3-11-34-30(32)33/h1-2,4-5,7-10,15,22-24,35,40H,3,6,11-14,16,31H2,(H,36,41)(H,37,42)(H,38,44)(H,39,43)(H,45,46)(H4,32,33,34). The number of benzene rings is 2. The Labute approximate surface area is 264 Å². The lowest BCUT2D eigenvalue weighted by Crippen LogP contribution is -2.57. The predicted octanol–water partition coefficient (Wildman–Crippen LogP) is -1.67. The number of aromatic hydroxyl groups is 1. The first kappa shape index (κ1) is 34.8. The Morgan fingerprint density at radius 1 is 0.848 bits per heavy atom. The molecule has 0 spiro atoms. The van der Waals surface area contributed by atoms with E-state index in [9.17, 15) is 34.2 Å². The fourth-order valence-corrected chi connectivity index (χ4v) is 4.61. The van der Waals surface area contributed by atoms with Crippen molar-refractivity contribution in [2.24, 2.45) is 22.2 Å². The number of para-hydroxylation sites is 1. The molecule has 13 N–H and O–H groups in total. The number of aromatic nitrogens is 1. The maximum absolute atomic E-state index is 13.7. The van der Waals surface area contributed by atoms with Crippen LogP contribution in [-0.4, -0.2) is 88.5 Å². The second-order valence-corrected chi connectivity index (χ2v) is 10.4.